The number of para-hydroxylation sites is 2. The maximum absolute atomic E-state index is 5.26. The van der Waals surface area contributed by atoms with Crippen molar-refractivity contribution in [2.45, 2.75) is 0 Å². The van der Waals surface area contributed by atoms with Crippen LogP contribution in [0.2, 0.25) is 0 Å². The van der Waals surface area contributed by atoms with Gasteiger partial charge in [0.2, 0.25) is 0 Å². The summed E-state index contributed by atoms with van der Waals surface area (Å²) in [6.45, 7) is 0. The zero-order valence-electron chi connectivity index (χ0n) is 30.0. The van der Waals surface area contributed by atoms with Crippen molar-refractivity contribution in [2.75, 3.05) is 0 Å². The third kappa shape index (κ3) is 5.63. The first kappa shape index (κ1) is 32.4. The van der Waals surface area contributed by atoms with E-state index in [9.17, 15) is 0 Å². The molecule has 11 aromatic rings. The van der Waals surface area contributed by atoms with Gasteiger partial charge in [-0.25, -0.2) is 0 Å². The predicted octanol–water partition coefficient (Wildman–Crippen LogP) is 12.1. The minimum absolute atomic E-state index is 0.0351. The first-order valence-corrected chi connectivity index (χ1v) is 20.3. The summed E-state index contributed by atoms with van der Waals surface area (Å²) in [5.74, 6) is 1.95. The summed E-state index contributed by atoms with van der Waals surface area (Å²) in [7, 11) is 0. The Morgan fingerprint density at radius 1 is 0.357 bits per heavy atom. The molecule has 0 spiro atoms. The fourth-order valence-corrected chi connectivity index (χ4v) is 10.0. The van der Waals surface area contributed by atoms with Gasteiger partial charge in [-0.05, 0) is 0 Å². The topological polar surface area (TPSA) is 56.5 Å². The second kappa shape index (κ2) is 13.4. The van der Waals surface area contributed by atoms with Gasteiger partial charge in [-0.15, -0.1) is 0 Å². The Bertz CT molecular complexity index is 3190. The van der Waals surface area contributed by atoms with E-state index >= 15 is 0 Å². The van der Waals surface area contributed by atoms with Crippen molar-refractivity contribution in [3.8, 4) is 61.1 Å². The Morgan fingerprint density at radius 2 is 0.911 bits per heavy atom. The molecule has 0 amide bonds. The molecule has 262 valence electrons. The molecule has 6 heteroatoms. The average Bonchev–Trinajstić information content (AvgIpc) is 3.87. The summed E-state index contributed by atoms with van der Waals surface area (Å²) in [5.41, 5.74) is 10.9. The van der Waals surface area contributed by atoms with Crippen LogP contribution in [0.5, 0.6) is 0 Å². The minimum atomic E-state index is 0.0351. The second-order valence-corrected chi connectivity index (χ2v) is 16.0. The van der Waals surface area contributed by atoms with Crippen molar-refractivity contribution in [3.05, 3.63) is 188 Å². The minimum Gasteiger partial charge on any atom is -0.0615 e. The van der Waals surface area contributed by atoms with Crippen LogP contribution >= 0.6 is 0 Å². The molecule has 0 aliphatic rings. The summed E-state index contributed by atoms with van der Waals surface area (Å²) < 4.78 is 4.84. The van der Waals surface area contributed by atoms with Crippen LogP contribution in [0.3, 0.4) is 0 Å². The average molecular weight is 781 g/mol. The van der Waals surface area contributed by atoms with E-state index in [2.05, 4.69) is 132 Å². The molecule has 0 aliphatic carbocycles. The summed E-state index contributed by atoms with van der Waals surface area (Å²) in [5, 5.41) is 4.97. The van der Waals surface area contributed by atoms with Gasteiger partial charge in [-0.2, -0.15) is 0 Å². The van der Waals surface area contributed by atoms with E-state index in [1.165, 1.54) is 42.4 Å². The molecule has 0 saturated heterocycles. The Hall–Kier alpha value is -6.98. The molecule has 0 radical (unpaired) electrons. The van der Waals surface area contributed by atoms with E-state index in [1.54, 1.807) is 0 Å². The van der Waals surface area contributed by atoms with E-state index in [0.717, 1.165) is 43.6 Å². The van der Waals surface area contributed by atoms with Crippen molar-refractivity contribution in [1.82, 2.24) is 24.5 Å². The summed E-state index contributed by atoms with van der Waals surface area (Å²) >= 11 is 0.0351. The Morgan fingerprint density at radius 3 is 1.66 bits per heavy atom. The molecule has 11 rings (SSSR count). The standard InChI is InChI=1S/C50H31N5Se/c1-4-13-33(14-5-1)47-52-48(34-15-6-2-7-16-34)54-49(53-47)37-18-12-17-35(29-37)36-24-23-32-25-27-43-46(41(32)30-36)56-50(51-43)38-26-28-45-42(31-38)40-21-10-11-22-44(40)55(45)39-19-8-3-9-20-39/h1-31H. The van der Waals surface area contributed by atoms with Crippen molar-refractivity contribution in [3.63, 3.8) is 0 Å². The fourth-order valence-electron chi connectivity index (χ4n) is 7.74. The van der Waals surface area contributed by atoms with E-state index in [1.807, 2.05) is 60.7 Å². The summed E-state index contributed by atoms with van der Waals surface area (Å²) in [4.78, 5) is 20.1. The molecule has 8 aromatic carbocycles. The Balaban J connectivity index is 0.999. The normalized spacial score (nSPS) is 11.6. The zero-order chi connectivity index (χ0) is 37.0. The van der Waals surface area contributed by atoms with Gasteiger partial charge < -0.3 is 0 Å². The van der Waals surface area contributed by atoms with Crippen LogP contribution in [-0.4, -0.2) is 39.0 Å². The molecule has 3 aromatic heterocycles. The Labute approximate surface area is 329 Å². The number of benzene rings is 8. The van der Waals surface area contributed by atoms with Crippen LogP contribution in [0, 0.1) is 0 Å². The van der Waals surface area contributed by atoms with Crippen LogP contribution in [-0.2, 0) is 0 Å². The summed E-state index contributed by atoms with van der Waals surface area (Å²) in [6, 6.07) is 66.1. The molecule has 0 atom stereocenters. The molecule has 0 saturated carbocycles. The van der Waals surface area contributed by atoms with Crippen LogP contribution in [0.25, 0.3) is 103 Å². The molecule has 0 bridgehead atoms. The van der Waals surface area contributed by atoms with Gasteiger partial charge in [-0.3, -0.25) is 0 Å². The first-order chi connectivity index (χ1) is 27.7. The van der Waals surface area contributed by atoms with E-state index < -0.39 is 0 Å². The van der Waals surface area contributed by atoms with Gasteiger partial charge in [0.1, 0.15) is 0 Å². The fraction of sp³-hybridized carbons (Fsp3) is 0. The third-order valence-corrected chi connectivity index (χ3v) is 12.9. The van der Waals surface area contributed by atoms with Crippen molar-refractivity contribution < 1.29 is 0 Å². The number of nitrogens with zero attached hydrogens (tertiary/aromatic N) is 5. The van der Waals surface area contributed by atoms with Crippen LogP contribution in [0.4, 0.5) is 0 Å². The number of aromatic nitrogens is 5. The van der Waals surface area contributed by atoms with Crippen LogP contribution in [0.1, 0.15) is 0 Å². The summed E-state index contributed by atoms with van der Waals surface area (Å²) in [6.07, 6.45) is 0. The van der Waals surface area contributed by atoms with Gasteiger partial charge in [-0.1, -0.05) is 36.4 Å². The van der Waals surface area contributed by atoms with Gasteiger partial charge in [0.15, 0.2) is 0 Å². The zero-order valence-corrected chi connectivity index (χ0v) is 31.8. The SMILES string of the molecule is c1ccc(-c2nc(-c3ccccc3)nc(-c3cccc(-c4ccc5ccc6nc(-c7ccc8c(c7)c7ccccc7n8-c7ccccc7)[se]c6c5c4)c3)n2)cc1. The number of hydrogen-bond donors (Lipinski definition) is 0. The third-order valence-electron chi connectivity index (χ3n) is 10.5. The maximum atomic E-state index is 5.26. The van der Waals surface area contributed by atoms with Gasteiger partial charge in [0.25, 0.3) is 0 Å². The van der Waals surface area contributed by atoms with Gasteiger partial charge in [0, 0.05) is 0 Å². The number of hydrogen-bond acceptors (Lipinski definition) is 4. The number of rotatable bonds is 6. The molecule has 0 unspecified atom stereocenters. The van der Waals surface area contributed by atoms with Gasteiger partial charge in [0.05, 0.1) is 0 Å². The van der Waals surface area contributed by atoms with Crippen LogP contribution < -0.4 is 0 Å². The van der Waals surface area contributed by atoms with E-state index in [-0.39, 0.29) is 14.5 Å². The molecule has 5 nitrogen and oxygen atoms in total. The van der Waals surface area contributed by atoms with E-state index in [0.29, 0.717) is 17.5 Å². The molecule has 3 heterocycles. The first-order valence-electron chi connectivity index (χ1n) is 18.6. The Kier molecular flexibility index (Phi) is 7.76. The smallest absolute Gasteiger partial charge is 0.0615 e. The second-order valence-electron chi connectivity index (χ2n) is 13.9. The van der Waals surface area contributed by atoms with Crippen LogP contribution in [0.15, 0.2) is 188 Å². The predicted molar refractivity (Wildman–Crippen MR) is 231 cm³/mol. The van der Waals surface area contributed by atoms with Crippen molar-refractivity contribution >= 4 is 56.9 Å². The molecular weight excluding hydrogens is 750 g/mol. The quantitative estimate of drug-likeness (QED) is 0.158. The molecular formula is C50H31N5Se. The molecule has 0 aliphatic heterocycles. The number of fused-ring (bicyclic) bond motifs is 6. The molecule has 0 fully saturated rings. The van der Waals surface area contributed by atoms with Crippen molar-refractivity contribution in [2.24, 2.45) is 0 Å². The monoisotopic (exact) mass is 781 g/mol. The van der Waals surface area contributed by atoms with E-state index in [4.69, 9.17) is 19.9 Å². The molecule has 56 heavy (non-hydrogen) atoms. The van der Waals surface area contributed by atoms with Crippen molar-refractivity contribution in [1.29, 1.82) is 0 Å². The molecule has 0 N–H and O–H groups in total. The van der Waals surface area contributed by atoms with Gasteiger partial charge >= 0.3 is 294 Å².